The molecular weight excluding hydrogens is 382 g/mol. The predicted molar refractivity (Wildman–Crippen MR) is 115 cm³/mol. The Bertz CT molecular complexity index is 1060. The van der Waals surface area contributed by atoms with Crippen molar-refractivity contribution < 1.29 is 9.53 Å². The van der Waals surface area contributed by atoms with Crippen LogP contribution in [0.4, 0.5) is 11.5 Å². The number of fused-ring (bicyclic) bond motifs is 1. The molecule has 3 heterocycles. The molecule has 156 valence electrons. The number of ether oxygens (including phenoxy) is 1. The first-order chi connectivity index (χ1) is 14.4. The van der Waals surface area contributed by atoms with Crippen LogP contribution in [0, 0.1) is 6.92 Å². The van der Waals surface area contributed by atoms with E-state index in [1.54, 1.807) is 18.5 Å². The number of nitrogens with zero attached hydrogens (tertiary/aromatic N) is 5. The number of aromatic nitrogens is 4. The van der Waals surface area contributed by atoms with Crippen molar-refractivity contribution in [3.63, 3.8) is 0 Å². The van der Waals surface area contributed by atoms with Gasteiger partial charge in [-0.1, -0.05) is 0 Å². The van der Waals surface area contributed by atoms with Crippen molar-refractivity contribution in [1.82, 2.24) is 25.3 Å². The summed E-state index contributed by atoms with van der Waals surface area (Å²) in [6.45, 7) is 7.88. The lowest BCUT2D eigenvalue weighted by Gasteiger charge is -2.38. The Kier molecular flexibility index (Phi) is 5.45. The van der Waals surface area contributed by atoms with Crippen molar-refractivity contribution in [2.75, 3.05) is 30.4 Å². The third-order valence-electron chi connectivity index (χ3n) is 5.05. The van der Waals surface area contributed by atoms with Crippen LogP contribution in [0.3, 0.4) is 0 Å². The number of benzene rings is 1. The second-order valence-electron chi connectivity index (χ2n) is 7.62. The van der Waals surface area contributed by atoms with Gasteiger partial charge in [-0.3, -0.25) is 9.78 Å². The van der Waals surface area contributed by atoms with Crippen LogP contribution in [0.25, 0.3) is 10.9 Å². The Balaban J connectivity index is 1.75. The van der Waals surface area contributed by atoms with E-state index in [1.807, 2.05) is 13.0 Å². The van der Waals surface area contributed by atoms with E-state index < -0.39 is 0 Å². The van der Waals surface area contributed by atoms with Crippen molar-refractivity contribution in [3.8, 4) is 6.01 Å². The molecule has 1 amide bonds. The normalized spacial score (nSPS) is 19.0. The van der Waals surface area contributed by atoms with Crippen molar-refractivity contribution in [2.45, 2.75) is 32.9 Å². The number of aryl methyl sites for hydroxylation is 1. The highest BCUT2D eigenvalue weighted by molar-refractivity contribution is 6.13. The summed E-state index contributed by atoms with van der Waals surface area (Å²) < 4.78 is 5.21. The van der Waals surface area contributed by atoms with Crippen molar-refractivity contribution in [3.05, 3.63) is 42.0 Å². The lowest BCUT2D eigenvalue weighted by Crippen LogP contribution is -2.54. The van der Waals surface area contributed by atoms with Crippen LogP contribution in [-0.4, -0.2) is 58.1 Å². The van der Waals surface area contributed by atoms with E-state index in [-0.39, 0.29) is 11.9 Å². The highest BCUT2D eigenvalue weighted by atomic mass is 16.5. The van der Waals surface area contributed by atoms with Gasteiger partial charge in [0.05, 0.1) is 36.3 Å². The Hall–Kier alpha value is -3.33. The van der Waals surface area contributed by atoms with Gasteiger partial charge in [0.15, 0.2) is 5.82 Å². The summed E-state index contributed by atoms with van der Waals surface area (Å²) in [6.07, 6.45) is 4.86. The summed E-state index contributed by atoms with van der Waals surface area (Å²) in [4.78, 5) is 32.4. The van der Waals surface area contributed by atoms with Gasteiger partial charge < -0.3 is 20.3 Å². The highest BCUT2D eigenvalue weighted by Crippen LogP contribution is 2.30. The van der Waals surface area contributed by atoms with Crippen LogP contribution in [-0.2, 0) is 0 Å². The Morgan fingerprint density at radius 1 is 1.13 bits per heavy atom. The molecule has 0 bridgehead atoms. The van der Waals surface area contributed by atoms with E-state index in [4.69, 9.17) is 4.74 Å². The number of amides is 1. The molecular formula is C21H25N7O2. The molecule has 1 fully saturated rings. The number of carbonyl (C=O) groups is 1. The summed E-state index contributed by atoms with van der Waals surface area (Å²) in [5.74, 6) is 0.0705. The molecule has 0 saturated carbocycles. The largest absolute Gasteiger partial charge is 0.467 e. The Morgan fingerprint density at radius 2 is 1.90 bits per heavy atom. The lowest BCUT2D eigenvalue weighted by atomic mass is 10.0. The number of anilines is 2. The van der Waals surface area contributed by atoms with Crippen LogP contribution < -0.4 is 20.3 Å². The molecule has 3 aromatic rings. The standard InChI is InChI=1S/C21H25N7O2/c1-12-7-23-18(9-22-12)26-20(29)15-5-6-17(28-10-13(2)25-14(3)11-28)16-8-24-21(30-4)27-19(15)16/h5-9,13-14,25H,10-11H2,1-4H3,(H,23,26,29)/t13-,14-/m0/s1. The Morgan fingerprint density at radius 3 is 2.57 bits per heavy atom. The van der Waals surface area contributed by atoms with Gasteiger partial charge in [0.25, 0.3) is 5.91 Å². The summed E-state index contributed by atoms with van der Waals surface area (Å²) in [5, 5.41) is 7.13. The second-order valence-corrected chi connectivity index (χ2v) is 7.62. The van der Waals surface area contributed by atoms with Crippen molar-refractivity contribution in [2.24, 2.45) is 0 Å². The number of hydrogen-bond acceptors (Lipinski definition) is 8. The smallest absolute Gasteiger partial charge is 0.316 e. The zero-order valence-electron chi connectivity index (χ0n) is 17.5. The predicted octanol–water partition coefficient (Wildman–Crippen LogP) is 2.18. The number of hydrogen-bond donors (Lipinski definition) is 2. The molecule has 9 nitrogen and oxygen atoms in total. The van der Waals surface area contributed by atoms with E-state index in [9.17, 15) is 4.79 Å². The molecule has 9 heteroatoms. The molecule has 4 rings (SSSR count). The summed E-state index contributed by atoms with van der Waals surface area (Å²) in [6, 6.07) is 4.67. The summed E-state index contributed by atoms with van der Waals surface area (Å²) in [7, 11) is 1.51. The highest BCUT2D eigenvalue weighted by Gasteiger charge is 2.24. The van der Waals surface area contributed by atoms with E-state index in [0.717, 1.165) is 29.9 Å². The van der Waals surface area contributed by atoms with E-state index >= 15 is 0 Å². The minimum absolute atomic E-state index is 0.214. The maximum atomic E-state index is 13.0. The lowest BCUT2D eigenvalue weighted by molar-refractivity contribution is 0.102. The number of methoxy groups -OCH3 is 1. The van der Waals surface area contributed by atoms with Crippen LogP contribution in [0.1, 0.15) is 29.9 Å². The fraction of sp³-hybridized carbons (Fsp3) is 0.381. The molecule has 30 heavy (non-hydrogen) atoms. The monoisotopic (exact) mass is 407 g/mol. The number of nitrogens with one attached hydrogen (secondary N) is 2. The fourth-order valence-corrected chi connectivity index (χ4v) is 3.81. The van der Waals surface area contributed by atoms with Gasteiger partial charge in [-0.25, -0.2) is 9.97 Å². The van der Waals surface area contributed by atoms with Crippen LogP contribution in [0.2, 0.25) is 0 Å². The van der Waals surface area contributed by atoms with Gasteiger partial charge in [0.1, 0.15) is 0 Å². The second kappa shape index (κ2) is 8.19. The molecule has 2 atom stereocenters. The van der Waals surface area contributed by atoms with Gasteiger partial charge in [0.2, 0.25) is 0 Å². The molecule has 1 aromatic carbocycles. The molecule has 0 spiro atoms. The minimum atomic E-state index is -0.312. The quantitative estimate of drug-likeness (QED) is 0.678. The molecule has 2 aromatic heterocycles. The zero-order chi connectivity index (χ0) is 21.3. The van der Waals surface area contributed by atoms with Crippen molar-refractivity contribution in [1.29, 1.82) is 0 Å². The molecule has 2 N–H and O–H groups in total. The van der Waals surface area contributed by atoms with Crippen LogP contribution >= 0.6 is 0 Å². The van der Waals surface area contributed by atoms with Gasteiger partial charge >= 0.3 is 6.01 Å². The molecule has 0 radical (unpaired) electrons. The molecule has 1 aliphatic rings. The van der Waals surface area contributed by atoms with E-state index in [2.05, 4.69) is 49.3 Å². The maximum absolute atomic E-state index is 13.0. The topological polar surface area (TPSA) is 105 Å². The summed E-state index contributed by atoms with van der Waals surface area (Å²) in [5.41, 5.74) is 2.74. The van der Waals surface area contributed by atoms with Crippen molar-refractivity contribution >= 4 is 28.3 Å². The first kappa shape index (κ1) is 20.0. The average Bonchev–Trinajstić information content (AvgIpc) is 2.73. The van der Waals surface area contributed by atoms with Crippen LogP contribution in [0.15, 0.2) is 30.7 Å². The van der Waals surface area contributed by atoms with Gasteiger partial charge in [0, 0.05) is 42.4 Å². The number of carbonyl (C=O) groups excluding carboxylic acids is 1. The SMILES string of the molecule is COc1ncc2c(N3C[C@H](C)N[C@@H](C)C3)ccc(C(=O)Nc3cnc(C)cn3)c2n1. The number of rotatable bonds is 4. The van der Waals surface area contributed by atoms with Gasteiger partial charge in [-0.15, -0.1) is 0 Å². The third-order valence-corrected chi connectivity index (χ3v) is 5.05. The fourth-order valence-electron chi connectivity index (χ4n) is 3.81. The zero-order valence-corrected chi connectivity index (χ0v) is 17.5. The molecule has 0 unspecified atom stereocenters. The Labute approximate surface area is 174 Å². The first-order valence-corrected chi connectivity index (χ1v) is 9.89. The van der Waals surface area contributed by atoms with E-state index in [1.165, 1.54) is 13.3 Å². The first-order valence-electron chi connectivity index (χ1n) is 9.89. The minimum Gasteiger partial charge on any atom is -0.467 e. The molecule has 1 saturated heterocycles. The number of piperazine rings is 1. The summed E-state index contributed by atoms with van der Waals surface area (Å²) >= 11 is 0. The molecule has 0 aliphatic carbocycles. The van der Waals surface area contributed by atoms with Gasteiger partial charge in [-0.05, 0) is 32.9 Å². The van der Waals surface area contributed by atoms with Gasteiger partial charge in [-0.2, -0.15) is 4.98 Å². The maximum Gasteiger partial charge on any atom is 0.316 e. The van der Waals surface area contributed by atoms with E-state index in [0.29, 0.717) is 29.0 Å². The van der Waals surface area contributed by atoms with Crippen LogP contribution in [0.5, 0.6) is 6.01 Å². The third kappa shape index (κ3) is 4.02. The molecule has 1 aliphatic heterocycles. The average molecular weight is 407 g/mol.